The number of esters is 5. The van der Waals surface area contributed by atoms with Gasteiger partial charge in [0, 0.05) is 6.92 Å². The molecule has 0 spiro atoms. The third-order valence-corrected chi connectivity index (χ3v) is 10.5. The molecule has 1 N–H and O–H groups in total. The van der Waals surface area contributed by atoms with Crippen molar-refractivity contribution in [2.75, 3.05) is 7.11 Å². The van der Waals surface area contributed by atoms with Crippen LogP contribution in [0.25, 0.3) is 21.5 Å². The van der Waals surface area contributed by atoms with Crippen molar-refractivity contribution in [3.63, 3.8) is 0 Å². The van der Waals surface area contributed by atoms with Crippen LogP contribution in [-0.2, 0) is 24.2 Å². The van der Waals surface area contributed by atoms with Crippen LogP contribution in [0.4, 0.5) is 0 Å². The van der Waals surface area contributed by atoms with Crippen LogP contribution in [0.3, 0.4) is 0 Å². The van der Waals surface area contributed by atoms with Gasteiger partial charge in [0.1, 0.15) is 40.4 Å². The van der Waals surface area contributed by atoms with Crippen molar-refractivity contribution in [2.24, 2.45) is 0 Å². The average molecular weight is 885 g/mol. The Morgan fingerprint density at radius 3 is 1.47 bits per heavy atom. The molecular formula is C54H44O12. The zero-order valence-electron chi connectivity index (χ0n) is 36.6. The normalized spacial score (nSPS) is 10.7. The quantitative estimate of drug-likeness (QED) is 0.0590. The Bertz CT molecular complexity index is 3080. The van der Waals surface area contributed by atoms with Gasteiger partial charge in [-0.25, -0.2) is 24.0 Å². The maximum absolute atomic E-state index is 13.5. The minimum absolute atomic E-state index is 0.0412. The lowest BCUT2D eigenvalue weighted by Crippen LogP contribution is -2.13. The summed E-state index contributed by atoms with van der Waals surface area (Å²) in [6.45, 7) is 5.39. The van der Waals surface area contributed by atoms with Crippen molar-refractivity contribution in [2.45, 2.75) is 53.1 Å². The van der Waals surface area contributed by atoms with Crippen molar-refractivity contribution in [1.29, 1.82) is 0 Å². The third kappa shape index (κ3) is 10.7. The number of fused-ring (bicyclic) bond motifs is 2. The summed E-state index contributed by atoms with van der Waals surface area (Å²) >= 11 is 0. The van der Waals surface area contributed by atoms with Crippen molar-refractivity contribution >= 4 is 51.4 Å². The van der Waals surface area contributed by atoms with Crippen LogP contribution >= 0.6 is 0 Å². The highest BCUT2D eigenvalue weighted by molar-refractivity contribution is 6.01. The summed E-state index contributed by atoms with van der Waals surface area (Å²) in [5.41, 5.74) is 3.42. The predicted molar refractivity (Wildman–Crippen MR) is 246 cm³/mol. The van der Waals surface area contributed by atoms with E-state index >= 15 is 0 Å². The largest absolute Gasteiger partial charge is 0.496 e. The second-order valence-corrected chi connectivity index (χ2v) is 15.1. The van der Waals surface area contributed by atoms with Gasteiger partial charge < -0.3 is 33.5 Å². The summed E-state index contributed by atoms with van der Waals surface area (Å²) in [6.07, 6.45) is 5.67. The summed E-state index contributed by atoms with van der Waals surface area (Å²) in [7, 11) is 1.56. The molecule has 0 aromatic heterocycles. The van der Waals surface area contributed by atoms with E-state index in [1.54, 1.807) is 98.1 Å². The summed E-state index contributed by atoms with van der Waals surface area (Å²) in [4.78, 5) is 66.0. The smallest absolute Gasteiger partial charge is 0.356 e. The number of carbonyl (C=O) groups is 5. The second-order valence-electron chi connectivity index (χ2n) is 15.1. The molecule has 0 fully saturated rings. The number of ether oxygens (including phenoxy) is 6. The van der Waals surface area contributed by atoms with Crippen LogP contribution in [0.2, 0.25) is 0 Å². The van der Waals surface area contributed by atoms with E-state index in [4.69, 9.17) is 28.4 Å². The molecule has 332 valence electrons. The Morgan fingerprint density at radius 2 is 0.924 bits per heavy atom. The Morgan fingerprint density at radius 1 is 0.470 bits per heavy atom. The molecule has 0 aliphatic rings. The van der Waals surface area contributed by atoms with Crippen molar-refractivity contribution in [3.05, 3.63) is 172 Å². The molecule has 0 aliphatic heterocycles. The number of aliphatic hydroxyl groups excluding tert-OH is 1. The van der Waals surface area contributed by atoms with Gasteiger partial charge in [0.2, 0.25) is 0 Å². The van der Waals surface area contributed by atoms with Crippen molar-refractivity contribution in [3.8, 4) is 40.8 Å². The number of methoxy groups -OCH3 is 1. The first-order valence-corrected chi connectivity index (χ1v) is 21.1. The highest BCUT2D eigenvalue weighted by atomic mass is 16.6. The number of hydrogen-bond donors (Lipinski definition) is 1. The molecule has 7 aromatic carbocycles. The number of hydrogen-bond acceptors (Lipinski definition) is 12. The van der Waals surface area contributed by atoms with Crippen LogP contribution in [0.5, 0.6) is 28.7 Å². The molecular weight excluding hydrogens is 841 g/mol. The van der Waals surface area contributed by atoms with Gasteiger partial charge in [-0.05, 0) is 142 Å². The van der Waals surface area contributed by atoms with E-state index in [0.29, 0.717) is 55.5 Å². The topological polar surface area (TPSA) is 161 Å². The molecule has 0 aliphatic carbocycles. The minimum Gasteiger partial charge on any atom is -0.496 e. The number of aliphatic hydroxyl groups is 1. The molecule has 66 heavy (non-hydrogen) atoms. The first-order valence-electron chi connectivity index (χ1n) is 21.1. The van der Waals surface area contributed by atoms with Crippen LogP contribution in [0.1, 0.15) is 102 Å². The van der Waals surface area contributed by atoms with Crippen LogP contribution in [-0.4, -0.2) is 42.1 Å². The molecule has 0 radical (unpaired) electrons. The van der Waals surface area contributed by atoms with E-state index in [0.717, 1.165) is 36.8 Å². The molecule has 7 rings (SSSR count). The van der Waals surface area contributed by atoms with Gasteiger partial charge in [0.25, 0.3) is 0 Å². The standard InChI is InChI=1S/C54H44O12/c1-5-8-33-10-14-41(27-43(33)32-55)51(57)63-44-20-18-35-25-39(16-12-37(35)28-44)50(56)65-46-22-23-48(47(31-46)54(60)62-24-7-3)66-53(59)40-17-13-38-29-45(21-19-36(38)26-40)64-52(58)42-15-11-34(9-6-2)49(30-42)61-4/h10-23,25-31,55H,5-6,8-9,32H2,1-4H3. The van der Waals surface area contributed by atoms with Crippen LogP contribution in [0, 0.1) is 12.0 Å². The number of rotatable bonds is 15. The lowest BCUT2D eigenvalue weighted by Gasteiger charge is -2.12. The number of benzene rings is 7. The van der Waals surface area contributed by atoms with E-state index in [1.807, 2.05) is 19.1 Å². The van der Waals surface area contributed by atoms with Gasteiger partial charge in [-0.2, -0.15) is 0 Å². The summed E-state index contributed by atoms with van der Waals surface area (Å²) < 4.78 is 33.1. The molecule has 0 heterocycles. The molecule has 0 atom stereocenters. The molecule has 7 aromatic rings. The van der Waals surface area contributed by atoms with E-state index in [1.165, 1.54) is 31.2 Å². The van der Waals surface area contributed by atoms with Gasteiger partial charge in [-0.15, -0.1) is 0 Å². The first kappa shape index (κ1) is 45.7. The fourth-order valence-corrected chi connectivity index (χ4v) is 7.22. The van der Waals surface area contributed by atoms with Crippen molar-refractivity contribution < 1.29 is 57.5 Å². The highest BCUT2D eigenvalue weighted by Crippen LogP contribution is 2.30. The maximum atomic E-state index is 13.5. The van der Waals surface area contributed by atoms with E-state index in [9.17, 15) is 29.1 Å². The number of carbonyl (C=O) groups excluding carboxylic acids is 5. The third-order valence-electron chi connectivity index (χ3n) is 10.5. The van der Waals surface area contributed by atoms with E-state index in [-0.39, 0.29) is 34.8 Å². The van der Waals surface area contributed by atoms with Gasteiger partial charge in [0.05, 0.1) is 36.0 Å². The summed E-state index contributed by atoms with van der Waals surface area (Å²) in [5, 5.41) is 12.5. The van der Waals surface area contributed by atoms with Gasteiger partial charge in [0.15, 0.2) is 0 Å². The van der Waals surface area contributed by atoms with Crippen LogP contribution in [0.15, 0.2) is 127 Å². The molecule has 12 heteroatoms. The molecule has 0 amide bonds. The Balaban J connectivity index is 1.03. The number of aryl methyl sites for hydroxylation is 2. The first-order chi connectivity index (χ1) is 32.0. The fourth-order valence-electron chi connectivity index (χ4n) is 7.22. The van der Waals surface area contributed by atoms with Crippen molar-refractivity contribution in [1.82, 2.24) is 0 Å². The Kier molecular flexibility index (Phi) is 14.5. The monoisotopic (exact) mass is 884 g/mol. The van der Waals surface area contributed by atoms with E-state index < -0.39 is 29.8 Å². The van der Waals surface area contributed by atoms with Gasteiger partial charge >= 0.3 is 29.8 Å². The SMILES string of the molecule is CC#COC(=O)c1cc(OC(=O)c2ccc3cc(OC(=O)c4ccc(CCC)c(CO)c4)ccc3c2)ccc1OC(=O)c1ccc2cc(OC(=O)c3ccc(CCC)c(OC)c3)ccc2c1. The molecule has 0 bridgehead atoms. The molecule has 12 nitrogen and oxygen atoms in total. The Hall–Kier alpha value is -8.27. The zero-order valence-corrected chi connectivity index (χ0v) is 36.6. The molecule has 0 unspecified atom stereocenters. The predicted octanol–water partition coefficient (Wildman–Crippen LogP) is 10.4. The van der Waals surface area contributed by atoms with E-state index in [2.05, 4.69) is 19.0 Å². The van der Waals surface area contributed by atoms with Gasteiger partial charge in [-0.1, -0.05) is 69.0 Å². The second kappa shape index (κ2) is 20.9. The van der Waals surface area contributed by atoms with Crippen LogP contribution < -0.4 is 23.7 Å². The zero-order chi connectivity index (χ0) is 46.7. The lowest BCUT2D eigenvalue weighted by atomic mass is 10.0. The molecule has 0 saturated carbocycles. The summed E-state index contributed by atoms with van der Waals surface area (Å²) in [5.74, 6) is -0.153. The highest BCUT2D eigenvalue weighted by Gasteiger charge is 2.22. The molecule has 0 saturated heterocycles. The average Bonchev–Trinajstić information content (AvgIpc) is 3.33. The fraction of sp³-hybridized carbons (Fsp3) is 0.167. The minimum atomic E-state index is -0.953. The van der Waals surface area contributed by atoms with Gasteiger partial charge in [-0.3, -0.25) is 0 Å². The maximum Gasteiger partial charge on any atom is 0.356 e. The summed E-state index contributed by atoms with van der Waals surface area (Å²) in [6, 6.07) is 33.8. The Labute approximate surface area is 380 Å². The lowest BCUT2D eigenvalue weighted by molar-refractivity contribution is 0.0664.